The van der Waals surface area contributed by atoms with Gasteiger partial charge in [-0.25, -0.2) is 4.79 Å². The molecule has 2 aromatic carbocycles. The van der Waals surface area contributed by atoms with Gasteiger partial charge in [0.2, 0.25) is 5.88 Å². The first-order valence-corrected chi connectivity index (χ1v) is 9.38. The molecular weight excluding hydrogens is 394 g/mol. The molecule has 0 amide bonds. The second-order valence-electron chi connectivity index (χ2n) is 6.92. The van der Waals surface area contributed by atoms with E-state index in [9.17, 15) is 20.4 Å². The average molecular weight is 407 g/mol. The third-order valence-corrected chi connectivity index (χ3v) is 5.13. The van der Waals surface area contributed by atoms with E-state index < -0.39 is 11.9 Å². The van der Waals surface area contributed by atoms with Gasteiger partial charge >= 0.3 is 11.9 Å². The minimum atomic E-state index is -0.709. The molecule has 1 saturated heterocycles. The molecule has 1 aromatic heterocycles. The van der Waals surface area contributed by atoms with Gasteiger partial charge in [-0.05, 0) is 11.1 Å². The number of hydrogen-bond donors (Lipinski definition) is 1. The van der Waals surface area contributed by atoms with Crippen molar-refractivity contribution in [2.75, 3.05) is 11.4 Å². The Balaban J connectivity index is 1.65. The Morgan fingerprint density at radius 3 is 2.19 bits per heavy atom. The summed E-state index contributed by atoms with van der Waals surface area (Å²) in [5, 5.41) is 29.2. The van der Waals surface area contributed by atoms with Crippen molar-refractivity contribution in [2.45, 2.75) is 0 Å². The summed E-state index contributed by atoms with van der Waals surface area (Å²) in [6.45, 7) is 0.356. The Kier molecular flexibility index (Phi) is 4.10. The lowest BCUT2D eigenvalue weighted by molar-refractivity contribution is -0.132. The number of allylic oxidation sites excluding steroid dienone is 1. The maximum atomic E-state index is 12.3. The van der Waals surface area contributed by atoms with Crippen LogP contribution in [-0.2, 0) is 9.53 Å². The molecule has 2 aliphatic rings. The largest absolute Gasteiger partial charge is 0.480 e. The van der Waals surface area contributed by atoms with Crippen LogP contribution in [0.25, 0.3) is 16.7 Å². The Labute approximate surface area is 176 Å². The van der Waals surface area contributed by atoms with E-state index in [4.69, 9.17) is 9.15 Å². The number of esters is 1. The van der Waals surface area contributed by atoms with E-state index >= 15 is 0 Å². The third-order valence-electron chi connectivity index (χ3n) is 5.13. The van der Waals surface area contributed by atoms with Gasteiger partial charge in [0.05, 0.1) is 23.4 Å². The van der Waals surface area contributed by atoms with E-state index in [0.717, 1.165) is 0 Å². The number of rotatable bonds is 3. The topological polar surface area (TPSA) is 110 Å². The maximum absolute atomic E-state index is 12.3. The second-order valence-corrected chi connectivity index (χ2v) is 6.92. The van der Waals surface area contributed by atoms with Crippen LogP contribution in [0, 0.1) is 22.7 Å². The summed E-state index contributed by atoms with van der Waals surface area (Å²) in [6, 6.07) is 22.1. The number of furan rings is 1. The van der Waals surface area contributed by atoms with Crippen molar-refractivity contribution in [3.63, 3.8) is 0 Å². The molecule has 0 saturated carbocycles. The van der Waals surface area contributed by atoms with Gasteiger partial charge in [-0.1, -0.05) is 60.7 Å². The number of cyclic esters (lactones) is 1. The number of ether oxygens (including phenoxy) is 1. The Hall–Kier alpha value is -4.75. The maximum Gasteiger partial charge on any atom is 0.355 e. The smallest absolute Gasteiger partial charge is 0.355 e. The first-order chi connectivity index (χ1) is 15.1. The normalized spacial score (nSPS) is 17.4. The Bertz CT molecular complexity index is 1370. The lowest BCUT2D eigenvalue weighted by Crippen LogP contribution is -1.97. The van der Waals surface area contributed by atoms with Crippen molar-refractivity contribution >= 4 is 17.4 Å². The summed E-state index contributed by atoms with van der Waals surface area (Å²) in [6.07, 6.45) is 0. The number of nitrogens with zero attached hydrogens (tertiary/aromatic N) is 3. The number of hydrogen-bond acceptors (Lipinski definition) is 7. The lowest BCUT2D eigenvalue weighted by atomic mass is 10.0. The molecule has 0 aliphatic carbocycles. The highest BCUT2D eigenvalue weighted by Gasteiger charge is 2.43. The van der Waals surface area contributed by atoms with Crippen molar-refractivity contribution in [1.29, 1.82) is 10.5 Å². The van der Waals surface area contributed by atoms with Gasteiger partial charge in [0.1, 0.15) is 23.3 Å². The van der Waals surface area contributed by atoms with Gasteiger partial charge in [-0.3, -0.25) is 0 Å². The van der Waals surface area contributed by atoms with Crippen molar-refractivity contribution in [3.05, 3.63) is 88.8 Å². The quantitative estimate of drug-likeness (QED) is 0.514. The fourth-order valence-corrected chi connectivity index (χ4v) is 3.67. The van der Waals surface area contributed by atoms with Crippen LogP contribution >= 0.6 is 0 Å². The van der Waals surface area contributed by atoms with Crippen LogP contribution < -0.4 is 4.90 Å². The van der Waals surface area contributed by atoms with Crippen molar-refractivity contribution < 1.29 is 19.1 Å². The molecule has 0 atom stereocenters. The number of anilines is 1. The Morgan fingerprint density at radius 2 is 1.58 bits per heavy atom. The van der Waals surface area contributed by atoms with E-state index in [-0.39, 0.29) is 22.8 Å². The molecule has 3 aromatic rings. The minimum absolute atomic E-state index is 0.0254. The molecule has 0 bridgehead atoms. The molecule has 148 valence electrons. The van der Waals surface area contributed by atoms with Crippen LogP contribution in [0.3, 0.4) is 0 Å². The number of benzene rings is 2. The summed E-state index contributed by atoms with van der Waals surface area (Å²) in [5.41, 5.74) is 2.83. The predicted octanol–water partition coefficient (Wildman–Crippen LogP) is 4.09. The van der Waals surface area contributed by atoms with Gasteiger partial charge < -0.3 is 19.2 Å². The highest BCUT2D eigenvalue weighted by Crippen LogP contribution is 2.49. The number of carbonyl (C=O) groups excluding carboxylic acids is 1. The van der Waals surface area contributed by atoms with Crippen LogP contribution in [0.2, 0.25) is 0 Å². The van der Waals surface area contributed by atoms with E-state index in [2.05, 4.69) is 0 Å². The summed E-state index contributed by atoms with van der Waals surface area (Å²) in [5.74, 6) is -0.635. The predicted molar refractivity (Wildman–Crippen MR) is 110 cm³/mol. The fraction of sp³-hybridized carbons (Fsp3) is 0.0417. The summed E-state index contributed by atoms with van der Waals surface area (Å²) in [7, 11) is 0. The van der Waals surface area contributed by atoms with Crippen LogP contribution in [-0.4, -0.2) is 17.6 Å². The van der Waals surface area contributed by atoms with E-state index in [1.165, 1.54) is 0 Å². The van der Waals surface area contributed by atoms with Crippen LogP contribution in [0.4, 0.5) is 5.88 Å². The zero-order chi connectivity index (χ0) is 21.5. The molecule has 0 radical (unpaired) electrons. The SMILES string of the molecule is N#CC1=C(c2ccccc2)/C(=C2\CN2c2oc(O)c(C#N)c2-c2ccccc2)OC1=O. The molecular formula is C24H13N3O4. The number of nitriles is 2. The standard InChI is InChI=1S/C24H13N3O4/c25-11-16-19(14-7-3-1-4-8-14)21(30-23(16)28)18-13-27(18)22-20(15-9-5-2-6-10-15)17(12-26)24(29)31-22/h1-10,29H,13H2/b21-18-. The monoisotopic (exact) mass is 407 g/mol. The molecule has 5 rings (SSSR count). The van der Waals surface area contributed by atoms with Crippen molar-refractivity contribution in [1.82, 2.24) is 0 Å². The van der Waals surface area contributed by atoms with Crippen LogP contribution in [0.15, 0.2) is 82.1 Å². The van der Waals surface area contributed by atoms with Gasteiger partial charge in [0.15, 0.2) is 5.76 Å². The van der Waals surface area contributed by atoms with E-state index in [1.54, 1.807) is 17.0 Å². The fourth-order valence-electron chi connectivity index (χ4n) is 3.67. The molecule has 31 heavy (non-hydrogen) atoms. The van der Waals surface area contributed by atoms with Gasteiger partial charge in [-0.15, -0.1) is 0 Å². The zero-order valence-corrected chi connectivity index (χ0v) is 16.0. The zero-order valence-electron chi connectivity index (χ0n) is 16.0. The van der Waals surface area contributed by atoms with E-state index in [1.807, 2.05) is 60.7 Å². The van der Waals surface area contributed by atoms with Gasteiger partial charge in [0, 0.05) is 0 Å². The molecule has 1 N–H and O–H groups in total. The van der Waals surface area contributed by atoms with Crippen LogP contribution in [0.1, 0.15) is 11.1 Å². The van der Waals surface area contributed by atoms with Crippen molar-refractivity contribution in [2.24, 2.45) is 0 Å². The van der Waals surface area contributed by atoms with Crippen molar-refractivity contribution in [3.8, 4) is 29.2 Å². The summed E-state index contributed by atoms with van der Waals surface area (Å²) >= 11 is 0. The van der Waals surface area contributed by atoms with Gasteiger partial charge in [-0.2, -0.15) is 10.5 Å². The molecule has 7 heteroatoms. The molecule has 7 nitrogen and oxygen atoms in total. The molecule has 0 unspecified atom stereocenters. The Morgan fingerprint density at radius 1 is 0.935 bits per heavy atom. The highest BCUT2D eigenvalue weighted by atomic mass is 16.5. The molecule has 2 aliphatic heterocycles. The van der Waals surface area contributed by atoms with Crippen LogP contribution in [0.5, 0.6) is 5.95 Å². The van der Waals surface area contributed by atoms with Gasteiger partial charge in [0.25, 0.3) is 0 Å². The number of aromatic hydroxyl groups is 1. The first kappa shape index (κ1) is 18.3. The summed E-state index contributed by atoms with van der Waals surface area (Å²) < 4.78 is 11.0. The first-order valence-electron chi connectivity index (χ1n) is 9.38. The third kappa shape index (κ3) is 2.85. The number of carbonyl (C=O) groups is 1. The highest BCUT2D eigenvalue weighted by molar-refractivity contribution is 6.11. The molecule has 3 heterocycles. The molecule has 1 fully saturated rings. The van der Waals surface area contributed by atoms with E-state index in [0.29, 0.717) is 34.5 Å². The molecule has 0 spiro atoms. The minimum Gasteiger partial charge on any atom is -0.480 e. The average Bonchev–Trinajstić information content (AvgIpc) is 3.42. The lowest BCUT2D eigenvalue weighted by Gasteiger charge is -2.06. The second kappa shape index (κ2) is 6.94. The summed E-state index contributed by atoms with van der Waals surface area (Å²) in [4.78, 5) is 14.0.